The maximum Gasteiger partial charge on any atom is 0.128 e. The molecule has 19 heavy (non-hydrogen) atoms. The number of rotatable bonds is 3. The van der Waals surface area contributed by atoms with Gasteiger partial charge in [0, 0.05) is 16.4 Å². The second kappa shape index (κ2) is 5.21. The van der Waals surface area contributed by atoms with Gasteiger partial charge in [0.15, 0.2) is 0 Å². The van der Waals surface area contributed by atoms with Crippen LogP contribution < -0.4 is 9.47 Å². The van der Waals surface area contributed by atoms with Crippen molar-refractivity contribution in [1.82, 2.24) is 4.98 Å². The Kier molecular flexibility index (Phi) is 3.80. The molecule has 0 unspecified atom stereocenters. The van der Waals surface area contributed by atoms with Crippen molar-refractivity contribution >= 4 is 11.3 Å². The van der Waals surface area contributed by atoms with Crippen molar-refractivity contribution in [2.45, 2.75) is 26.2 Å². The van der Waals surface area contributed by atoms with Crippen LogP contribution in [-0.4, -0.2) is 19.2 Å². The standard InChI is InChI=1S/C15H19NO2S/c1-15(2,3)14-16-12(9-19-14)11-8-10(17-4)6-7-13(11)18-5/h6-9H,1-5H3. The number of thiazole rings is 1. The fourth-order valence-electron chi connectivity index (χ4n) is 1.76. The van der Waals surface area contributed by atoms with Gasteiger partial charge in [-0.1, -0.05) is 20.8 Å². The maximum atomic E-state index is 5.40. The summed E-state index contributed by atoms with van der Waals surface area (Å²) in [5, 5.41) is 3.19. The van der Waals surface area contributed by atoms with Crippen molar-refractivity contribution in [1.29, 1.82) is 0 Å². The molecular weight excluding hydrogens is 258 g/mol. The van der Waals surface area contributed by atoms with E-state index in [-0.39, 0.29) is 5.41 Å². The van der Waals surface area contributed by atoms with Crippen LogP contribution in [0.25, 0.3) is 11.3 Å². The van der Waals surface area contributed by atoms with E-state index in [1.54, 1.807) is 25.6 Å². The predicted octanol–water partition coefficient (Wildman–Crippen LogP) is 4.12. The zero-order chi connectivity index (χ0) is 14.0. The molecule has 0 N–H and O–H groups in total. The first-order chi connectivity index (χ1) is 8.95. The van der Waals surface area contributed by atoms with Gasteiger partial charge in [-0.25, -0.2) is 4.98 Å². The molecule has 0 bridgehead atoms. The van der Waals surface area contributed by atoms with Gasteiger partial charge in [0.2, 0.25) is 0 Å². The Morgan fingerprint density at radius 1 is 1.11 bits per heavy atom. The molecule has 2 aromatic rings. The van der Waals surface area contributed by atoms with Crippen LogP contribution in [0.1, 0.15) is 25.8 Å². The van der Waals surface area contributed by atoms with Crippen molar-refractivity contribution in [2.75, 3.05) is 14.2 Å². The van der Waals surface area contributed by atoms with Crippen LogP contribution in [0, 0.1) is 0 Å². The summed E-state index contributed by atoms with van der Waals surface area (Å²) in [6.07, 6.45) is 0. The van der Waals surface area contributed by atoms with Crippen LogP contribution in [0.15, 0.2) is 23.6 Å². The first-order valence-corrected chi connectivity index (χ1v) is 7.02. The summed E-state index contributed by atoms with van der Waals surface area (Å²) in [5.41, 5.74) is 1.97. The molecule has 0 aliphatic carbocycles. The summed E-state index contributed by atoms with van der Waals surface area (Å²) in [6, 6.07) is 5.75. The lowest BCUT2D eigenvalue weighted by Gasteiger charge is -2.14. The first kappa shape index (κ1) is 13.9. The molecule has 3 nitrogen and oxygen atoms in total. The average Bonchev–Trinajstić information content (AvgIpc) is 2.87. The zero-order valence-corrected chi connectivity index (χ0v) is 12.8. The Hall–Kier alpha value is -1.55. The Morgan fingerprint density at radius 3 is 2.37 bits per heavy atom. The van der Waals surface area contributed by atoms with Crippen molar-refractivity contribution in [3.63, 3.8) is 0 Å². The maximum absolute atomic E-state index is 5.40. The molecule has 1 aromatic heterocycles. The van der Waals surface area contributed by atoms with Crippen LogP contribution >= 0.6 is 11.3 Å². The number of hydrogen-bond acceptors (Lipinski definition) is 4. The van der Waals surface area contributed by atoms with Gasteiger partial charge in [-0.2, -0.15) is 0 Å². The number of methoxy groups -OCH3 is 2. The van der Waals surface area contributed by atoms with E-state index in [1.165, 1.54) is 0 Å². The molecule has 0 aliphatic rings. The molecule has 0 fully saturated rings. The largest absolute Gasteiger partial charge is 0.497 e. The second-order valence-corrected chi connectivity index (χ2v) is 6.21. The van der Waals surface area contributed by atoms with E-state index in [0.717, 1.165) is 27.8 Å². The Bertz CT molecular complexity index is 570. The normalized spacial score (nSPS) is 11.4. The van der Waals surface area contributed by atoms with E-state index in [0.29, 0.717) is 0 Å². The fourth-order valence-corrected chi connectivity index (χ4v) is 2.66. The highest BCUT2D eigenvalue weighted by atomic mass is 32.1. The minimum Gasteiger partial charge on any atom is -0.497 e. The molecule has 2 rings (SSSR count). The second-order valence-electron chi connectivity index (χ2n) is 5.35. The SMILES string of the molecule is COc1ccc(OC)c(-c2csc(C(C)(C)C)n2)c1. The van der Waals surface area contributed by atoms with E-state index in [4.69, 9.17) is 14.5 Å². The summed E-state index contributed by atoms with van der Waals surface area (Å²) in [7, 11) is 3.33. The molecular formula is C15H19NO2S. The first-order valence-electron chi connectivity index (χ1n) is 6.14. The zero-order valence-electron chi connectivity index (χ0n) is 12.0. The summed E-state index contributed by atoms with van der Waals surface area (Å²) in [6.45, 7) is 6.50. The molecule has 4 heteroatoms. The van der Waals surface area contributed by atoms with Crippen molar-refractivity contribution in [3.8, 4) is 22.8 Å². The molecule has 1 heterocycles. The third-order valence-electron chi connectivity index (χ3n) is 2.83. The highest BCUT2D eigenvalue weighted by molar-refractivity contribution is 7.10. The van der Waals surface area contributed by atoms with Crippen LogP contribution in [0.4, 0.5) is 0 Å². The van der Waals surface area contributed by atoms with E-state index in [9.17, 15) is 0 Å². The van der Waals surface area contributed by atoms with Gasteiger partial charge in [0.05, 0.1) is 24.9 Å². The lowest BCUT2D eigenvalue weighted by Crippen LogP contribution is -2.10. The molecule has 0 saturated carbocycles. The van der Waals surface area contributed by atoms with E-state index in [2.05, 4.69) is 26.2 Å². The van der Waals surface area contributed by atoms with E-state index >= 15 is 0 Å². The number of nitrogens with zero attached hydrogens (tertiary/aromatic N) is 1. The highest BCUT2D eigenvalue weighted by Crippen LogP contribution is 2.36. The molecule has 102 valence electrons. The summed E-state index contributed by atoms with van der Waals surface area (Å²) < 4.78 is 10.7. The number of benzene rings is 1. The Morgan fingerprint density at radius 2 is 1.84 bits per heavy atom. The molecule has 0 amide bonds. The number of ether oxygens (including phenoxy) is 2. The molecule has 0 radical (unpaired) electrons. The summed E-state index contributed by atoms with van der Waals surface area (Å²) >= 11 is 1.68. The Balaban J connectivity index is 2.48. The molecule has 0 spiro atoms. The predicted molar refractivity (Wildman–Crippen MR) is 79.4 cm³/mol. The lowest BCUT2D eigenvalue weighted by molar-refractivity contribution is 0.404. The van der Waals surface area contributed by atoms with E-state index in [1.807, 2.05) is 18.2 Å². The quantitative estimate of drug-likeness (QED) is 0.845. The fraction of sp³-hybridized carbons (Fsp3) is 0.400. The van der Waals surface area contributed by atoms with Crippen LogP contribution in [0.5, 0.6) is 11.5 Å². The Labute approximate surface area is 118 Å². The van der Waals surface area contributed by atoms with Gasteiger partial charge >= 0.3 is 0 Å². The minimum atomic E-state index is 0.0645. The van der Waals surface area contributed by atoms with Gasteiger partial charge in [-0.05, 0) is 18.2 Å². The molecule has 0 aliphatic heterocycles. The van der Waals surface area contributed by atoms with Crippen LogP contribution in [0.2, 0.25) is 0 Å². The smallest absolute Gasteiger partial charge is 0.128 e. The minimum absolute atomic E-state index is 0.0645. The van der Waals surface area contributed by atoms with Crippen LogP contribution in [-0.2, 0) is 5.41 Å². The highest BCUT2D eigenvalue weighted by Gasteiger charge is 2.19. The van der Waals surface area contributed by atoms with Gasteiger partial charge < -0.3 is 9.47 Å². The number of aromatic nitrogens is 1. The molecule has 0 atom stereocenters. The summed E-state index contributed by atoms with van der Waals surface area (Å²) in [4.78, 5) is 4.72. The third kappa shape index (κ3) is 2.89. The molecule has 0 saturated heterocycles. The van der Waals surface area contributed by atoms with Crippen molar-refractivity contribution in [3.05, 3.63) is 28.6 Å². The topological polar surface area (TPSA) is 31.4 Å². The van der Waals surface area contributed by atoms with Crippen molar-refractivity contribution < 1.29 is 9.47 Å². The monoisotopic (exact) mass is 277 g/mol. The lowest BCUT2D eigenvalue weighted by atomic mass is 9.98. The van der Waals surface area contributed by atoms with Gasteiger partial charge in [-0.15, -0.1) is 11.3 Å². The third-order valence-corrected chi connectivity index (χ3v) is 4.10. The molecule has 1 aromatic carbocycles. The van der Waals surface area contributed by atoms with Crippen LogP contribution in [0.3, 0.4) is 0 Å². The van der Waals surface area contributed by atoms with Crippen molar-refractivity contribution in [2.24, 2.45) is 0 Å². The average molecular weight is 277 g/mol. The van der Waals surface area contributed by atoms with E-state index < -0.39 is 0 Å². The van der Waals surface area contributed by atoms with Gasteiger partial charge in [0.1, 0.15) is 11.5 Å². The van der Waals surface area contributed by atoms with Gasteiger partial charge in [-0.3, -0.25) is 0 Å². The van der Waals surface area contributed by atoms with Gasteiger partial charge in [0.25, 0.3) is 0 Å². The summed E-state index contributed by atoms with van der Waals surface area (Å²) in [5.74, 6) is 1.62. The number of hydrogen-bond donors (Lipinski definition) is 0.